The Morgan fingerprint density at radius 3 is 2.40 bits per heavy atom. The number of aromatic nitrogens is 5. The summed E-state index contributed by atoms with van der Waals surface area (Å²) < 4.78 is 31.4. The minimum absolute atomic E-state index is 0.109. The van der Waals surface area contributed by atoms with Crippen molar-refractivity contribution in [3.8, 4) is 0 Å². The third-order valence-corrected chi connectivity index (χ3v) is 8.30. The quantitative estimate of drug-likeness (QED) is 0.355. The standard InChI is InChI=1S/C26H26N6O2S/c1-17-11-19(3)25(20(4)12-17)35(33,34)31(15-21-8-6-10-27-14-21)16-23-13-22-9-5-7-18(2)24(22)32-26(23)28-29-30-32/h5-14H,15-16H2,1-4H3. The zero-order valence-electron chi connectivity index (χ0n) is 20.1. The van der Waals surface area contributed by atoms with Gasteiger partial charge in [0.25, 0.3) is 0 Å². The summed E-state index contributed by atoms with van der Waals surface area (Å²) in [6.07, 6.45) is 3.36. The number of aryl methyl sites for hydroxylation is 4. The minimum atomic E-state index is -3.86. The summed E-state index contributed by atoms with van der Waals surface area (Å²) in [5.41, 5.74) is 6.48. The molecule has 0 atom stereocenters. The number of tetrazole rings is 1. The summed E-state index contributed by atoms with van der Waals surface area (Å²) >= 11 is 0. The largest absolute Gasteiger partial charge is 0.264 e. The van der Waals surface area contributed by atoms with Gasteiger partial charge in [-0.25, -0.2) is 8.42 Å². The number of rotatable bonds is 6. The fraction of sp³-hybridized carbons (Fsp3) is 0.231. The molecule has 2 aromatic carbocycles. The van der Waals surface area contributed by atoms with E-state index in [9.17, 15) is 8.42 Å². The lowest BCUT2D eigenvalue weighted by molar-refractivity contribution is 0.400. The molecule has 8 nitrogen and oxygen atoms in total. The van der Waals surface area contributed by atoms with Gasteiger partial charge in [0, 0.05) is 36.4 Å². The molecule has 0 bridgehead atoms. The van der Waals surface area contributed by atoms with E-state index in [0.717, 1.165) is 44.3 Å². The van der Waals surface area contributed by atoms with Crippen LogP contribution in [0.15, 0.2) is 65.8 Å². The molecule has 0 aliphatic carbocycles. The third-order valence-electron chi connectivity index (χ3n) is 6.20. The van der Waals surface area contributed by atoms with Crippen molar-refractivity contribution in [1.29, 1.82) is 0 Å². The van der Waals surface area contributed by atoms with Crippen LogP contribution in [0.1, 0.15) is 33.4 Å². The molecule has 5 aromatic rings. The highest BCUT2D eigenvalue weighted by Gasteiger charge is 2.29. The molecule has 5 rings (SSSR count). The predicted molar refractivity (Wildman–Crippen MR) is 134 cm³/mol. The summed E-state index contributed by atoms with van der Waals surface area (Å²) in [5, 5.41) is 13.3. The maximum Gasteiger partial charge on any atom is 0.244 e. The van der Waals surface area contributed by atoms with Crippen molar-refractivity contribution in [2.45, 2.75) is 45.7 Å². The van der Waals surface area contributed by atoms with Crippen molar-refractivity contribution in [2.75, 3.05) is 0 Å². The van der Waals surface area contributed by atoms with Gasteiger partial charge in [-0.1, -0.05) is 42.0 Å². The molecule has 0 unspecified atom stereocenters. The number of hydrogen-bond donors (Lipinski definition) is 0. The van der Waals surface area contributed by atoms with Gasteiger partial charge in [0.1, 0.15) is 0 Å². The normalized spacial score (nSPS) is 12.1. The third kappa shape index (κ3) is 4.17. The monoisotopic (exact) mass is 486 g/mol. The number of fused-ring (bicyclic) bond motifs is 3. The van der Waals surface area contributed by atoms with Gasteiger partial charge in [0.05, 0.1) is 10.4 Å². The molecule has 0 aliphatic heterocycles. The zero-order valence-corrected chi connectivity index (χ0v) is 20.9. The van der Waals surface area contributed by atoms with E-state index in [0.29, 0.717) is 10.5 Å². The van der Waals surface area contributed by atoms with Crippen molar-refractivity contribution in [1.82, 2.24) is 29.3 Å². The second-order valence-corrected chi connectivity index (χ2v) is 10.8. The average Bonchev–Trinajstić information content (AvgIpc) is 3.28. The SMILES string of the molecule is Cc1cc(C)c(S(=O)(=O)N(Cc2cccnc2)Cc2cc3cccc(C)c3n3nnnc23)c(C)c1. The van der Waals surface area contributed by atoms with Gasteiger partial charge in [0.2, 0.25) is 10.0 Å². The Balaban J connectivity index is 1.68. The molecule has 178 valence electrons. The Bertz CT molecular complexity index is 1640. The van der Waals surface area contributed by atoms with Crippen LogP contribution in [0, 0.1) is 27.7 Å². The molecule has 3 heterocycles. The lowest BCUT2D eigenvalue weighted by atomic mass is 10.1. The Morgan fingerprint density at radius 2 is 1.69 bits per heavy atom. The van der Waals surface area contributed by atoms with E-state index in [1.807, 2.05) is 76.2 Å². The van der Waals surface area contributed by atoms with E-state index in [-0.39, 0.29) is 13.1 Å². The minimum Gasteiger partial charge on any atom is -0.264 e. The van der Waals surface area contributed by atoms with Crippen LogP contribution < -0.4 is 0 Å². The molecule has 0 saturated carbocycles. The molecule has 3 aromatic heterocycles. The molecule has 9 heteroatoms. The highest BCUT2D eigenvalue weighted by Crippen LogP contribution is 2.29. The van der Waals surface area contributed by atoms with Crippen LogP contribution in [0.2, 0.25) is 0 Å². The molecule has 0 radical (unpaired) electrons. The summed E-state index contributed by atoms with van der Waals surface area (Å²) in [5.74, 6) is 0. The second kappa shape index (κ2) is 8.83. The fourth-order valence-corrected chi connectivity index (χ4v) is 6.63. The Labute approximate surface area is 204 Å². The Hall–Kier alpha value is -3.69. The van der Waals surface area contributed by atoms with Gasteiger partial charge < -0.3 is 0 Å². The van der Waals surface area contributed by atoms with Gasteiger partial charge >= 0.3 is 0 Å². The lowest BCUT2D eigenvalue weighted by Gasteiger charge is -2.25. The van der Waals surface area contributed by atoms with E-state index >= 15 is 0 Å². The van der Waals surface area contributed by atoms with Crippen LogP contribution in [0.4, 0.5) is 0 Å². The fourth-order valence-electron chi connectivity index (χ4n) is 4.81. The molecule has 0 aliphatic rings. The second-order valence-electron chi connectivity index (χ2n) is 8.96. The van der Waals surface area contributed by atoms with Crippen molar-refractivity contribution in [3.05, 3.63) is 94.3 Å². The smallest absolute Gasteiger partial charge is 0.244 e. The molecule has 0 fully saturated rings. The zero-order chi connectivity index (χ0) is 24.7. The van der Waals surface area contributed by atoms with Crippen molar-refractivity contribution >= 4 is 26.6 Å². The van der Waals surface area contributed by atoms with E-state index < -0.39 is 10.0 Å². The Morgan fingerprint density at radius 1 is 0.914 bits per heavy atom. The van der Waals surface area contributed by atoms with Gasteiger partial charge in [-0.2, -0.15) is 8.82 Å². The maximum atomic E-state index is 14.1. The molecule has 35 heavy (non-hydrogen) atoms. The van der Waals surface area contributed by atoms with Crippen molar-refractivity contribution in [3.63, 3.8) is 0 Å². The number of hydrogen-bond acceptors (Lipinski definition) is 6. The predicted octanol–water partition coefficient (Wildman–Crippen LogP) is 4.30. The van der Waals surface area contributed by atoms with E-state index in [2.05, 4.69) is 20.5 Å². The summed E-state index contributed by atoms with van der Waals surface area (Å²) in [6, 6.07) is 15.4. The van der Waals surface area contributed by atoms with E-state index in [1.54, 1.807) is 16.9 Å². The van der Waals surface area contributed by atoms with Gasteiger partial charge in [-0.3, -0.25) is 4.98 Å². The topological polar surface area (TPSA) is 93.4 Å². The first kappa shape index (κ1) is 23.1. The van der Waals surface area contributed by atoms with Gasteiger partial charge in [-0.15, -0.1) is 5.10 Å². The van der Waals surface area contributed by atoms with Gasteiger partial charge in [-0.05, 0) is 72.5 Å². The summed E-state index contributed by atoms with van der Waals surface area (Å²) in [6.45, 7) is 7.94. The van der Waals surface area contributed by atoms with E-state index in [4.69, 9.17) is 0 Å². The first-order chi connectivity index (χ1) is 16.8. The van der Waals surface area contributed by atoms with Crippen LogP contribution in [-0.2, 0) is 23.1 Å². The number of benzene rings is 2. The lowest BCUT2D eigenvalue weighted by Crippen LogP contribution is -2.31. The number of sulfonamides is 1. The summed E-state index contributed by atoms with van der Waals surface area (Å²) in [4.78, 5) is 4.51. The van der Waals surface area contributed by atoms with Crippen LogP contribution in [0.5, 0.6) is 0 Å². The van der Waals surface area contributed by atoms with Crippen LogP contribution >= 0.6 is 0 Å². The van der Waals surface area contributed by atoms with E-state index in [1.165, 1.54) is 4.31 Å². The van der Waals surface area contributed by atoms with Crippen LogP contribution in [0.3, 0.4) is 0 Å². The highest BCUT2D eigenvalue weighted by molar-refractivity contribution is 7.89. The molecular weight excluding hydrogens is 460 g/mol. The first-order valence-electron chi connectivity index (χ1n) is 11.3. The summed E-state index contributed by atoms with van der Waals surface area (Å²) in [7, 11) is -3.86. The molecular formula is C26H26N6O2S. The van der Waals surface area contributed by atoms with Crippen LogP contribution in [-0.4, -0.2) is 37.7 Å². The maximum absolute atomic E-state index is 14.1. The highest BCUT2D eigenvalue weighted by atomic mass is 32.2. The molecule has 0 N–H and O–H groups in total. The first-order valence-corrected chi connectivity index (χ1v) is 12.8. The van der Waals surface area contributed by atoms with Gasteiger partial charge in [0.15, 0.2) is 5.65 Å². The molecule has 0 saturated heterocycles. The number of nitrogens with zero attached hydrogens (tertiary/aromatic N) is 6. The molecule has 0 amide bonds. The average molecular weight is 487 g/mol. The van der Waals surface area contributed by atoms with Crippen molar-refractivity contribution in [2.24, 2.45) is 0 Å². The van der Waals surface area contributed by atoms with Crippen LogP contribution in [0.25, 0.3) is 16.6 Å². The Kier molecular flexibility index (Phi) is 5.82. The number of para-hydroxylation sites is 1. The molecule has 0 spiro atoms. The van der Waals surface area contributed by atoms with Crippen molar-refractivity contribution < 1.29 is 8.42 Å². The number of pyridine rings is 2.